The Balaban J connectivity index is 2.60. The first kappa shape index (κ1) is 18.9. The SMILES string of the molecule is CCc1ccccc1Nc1cc(C(C)(C)C)cc(C(C)(C)C)c1S. The summed E-state index contributed by atoms with van der Waals surface area (Å²) in [6.07, 6.45) is 1.01. The van der Waals surface area contributed by atoms with E-state index in [0.717, 1.165) is 17.0 Å². The van der Waals surface area contributed by atoms with Crippen molar-refractivity contribution in [1.82, 2.24) is 0 Å². The van der Waals surface area contributed by atoms with E-state index in [1.54, 1.807) is 0 Å². The Kier molecular flexibility index (Phi) is 5.39. The minimum atomic E-state index is 0.0546. The van der Waals surface area contributed by atoms with Crippen molar-refractivity contribution in [2.75, 3.05) is 5.32 Å². The summed E-state index contributed by atoms with van der Waals surface area (Å²) in [5, 5.41) is 3.64. The van der Waals surface area contributed by atoms with E-state index in [9.17, 15) is 0 Å². The van der Waals surface area contributed by atoms with Crippen LogP contribution in [-0.2, 0) is 17.3 Å². The number of benzene rings is 2. The molecule has 0 amide bonds. The van der Waals surface area contributed by atoms with Crippen molar-refractivity contribution in [2.24, 2.45) is 0 Å². The van der Waals surface area contributed by atoms with E-state index in [-0.39, 0.29) is 10.8 Å². The van der Waals surface area contributed by atoms with Crippen molar-refractivity contribution in [3.05, 3.63) is 53.1 Å². The van der Waals surface area contributed by atoms with Gasteiger partial charge >= 0.3 is 0 Å². The first-order chi connectivity index (χ1) is 11.0. The molecule has 1 N–H and O–H groups in total. The third-order valence-electron chi connectivity index (χ3n) is 4.45. The number of hydrogen-bond acceptors (Lipinski definition) is 2. The maximum Gasteiger partial charge on any atom is 0.0525 e. The molecule has 1 nitrogen and oxygen atoms in total. The van der Waals surface area contributed by atoms with Crippen LogP contribution in [0, 0.1) is 0 Å². The fraction of sp³-hybridized carbons (Fsp3) is 0.455. The lowest BCUT2D eigenvalue weighted by atomic mass is 9.80. The first-order valence-corrected chi connectivity index (χ1v) is 9.21. The van der Waals surface area contributed by atoms with Gasteiger partial charge in [-0.15, -0.1) is 12.6 Å². The van der Waals surface area contributed by atoms with E-state index in [1.807, 2.05) is 0 Å². The quantitative estimate of drug-likeness (QED) is 0.580. The normalized spacial score (nSPS) is 12.3. The molecule has 0 aliphatic rings. The van der Waals surface area contributed by atoms with E-state index in [2.05, 4.69) is 90.2 Å². The average Bonchev–Trinajstić information content (AvgIpc) is 2.47. The molecular weight excluding hydrogens is 310 g/mol. The van der Waals surface area contributed by atoms with Gasteiger partial charge in [0.25, 0.3) is 0 Å². The van der Waals surface area contributed by atoms with E-state index < -0.39 is 0 Å². The lowest BCUT2D eigenvalue weighted by Crippen LogP contribution is -2.18. The largest absolute Gasteiger partial charge is 0.354 e. The standard InChI is InChI=1S/C22H31NS/c1-8-15-11-9-10-12-18(15)23-19-14-16(21(2,3)4)13-17(20(19)24)22(5,6)7/h9-14,23-24H,8H2,1-7H3. The topological polar surface area (TPSA) is 12.0 Å². The molecule has 0 spiro atoms. The van der Waals surface area contributed by atoms with Gasteiger partial charge in [0.2, 0.25) is 0 Å². The highest BCUT2D eigenvalue weighted by Crippen LogP contribution is 2.39. The van der Waals surface area contributed by atoms with Gasteiger partial charge in [0.15, 0.2) is 0 Å². The van der Waals surface area contributed by atoms with Gasteiger partial charge < -0.3 is 5.32 Å². The molecule has 130 valence electrons. The number of nitrogens with one attached hydrogen (secondary N) is 1. The van der Waals surface area contributed by atoms with Crippen molar-refractivity contribution in [2.45, 2.75) is 70.6 Å². The van der Waals surface area contributed by atoms with Gasteiger partial charge in [-0.25, -0.2) is 0 Å². The number of thiol groups is 1. The third-order valence-corrected chi connectivity index (χ3v) is 4.93. The second-order valence-corrected chi connectivity index (χ2v) is 9.00. The lowest BCUT2D eigenvalue weighted by Gasteiger charge is -2.28. The fourth-order valence-corrected chi connectivity index (χ4v) is 3.35. The minimum absolute atomic E-state index is 0.0546. The second-order valence-electron chi connectivity index (χ2n) is 8.56. The predicted molar refractivity (Wildman–Crippen MR) is 110 cm³/mol. The Morgan fingerprint density at radius 3 is 2.04 bits per heavy atom. The maximum atomic E-state index is 4.88. The maximum absolute atomic E-state index is 4.88. The van der Waals surface area contributed by atoms with Gasteiger partial charge in [-0.05, 0) is 46.1 Å². The van der Waals surface area contributed by atoms with Crippen LogP contribution in [0.25, 0.3) is 0 Å². The summed E-state index contributed by atoms with van der Waals surface area (Å²) in [5.74, 6) is 0. The molecule has 2 aromatic rings. The van der Waals surface area contributed by atoms with Crippen LogP contribution in [-0.4, -0.2) is 0 Å². The Labute approximate surface area is 153 Å². The number of aryl methyl sites for hydroxylation is 1. The molecule has 0 atom stereocenters. The van der Waals surface area contributed by atoms with Crippen LogP contribution >= 0.6 is 12.6 Å². The molecule has 0 unspecified atom stereocenters. The molecule has 2 aromatic carbocycles. The van der Waals surface area contributed by atoms with Gasteiger partial charge in [0, 0.05) is 10.6 Å². The summed E-state index contributed by atoms with van der Waals surface area (Å²) in [6.45, 7) is 15.7. The molecule has 0 heterocycles. The van der Waals surface area contributed by atoms with Gasteiger partial charge in [0.1, 0.15) is 0 Å². The lowest BCUT2D eigenvalue weighted by molar-refractivity contribution is 0.560. The van der Waals surface area contributed by atoms with Crippen LogP contribution in [0.4, 0.5) is 11.4 Å². The molecule has 0 fully saturated rings. The highest BCUT2D eigenvalue weighted by Gasteiger charge is 2.24. The Bertz CT molecular complexity index is 718. The summed E-state index contributed by atoms with van der Waals surface area (Å²) in [6, 6.07) is 13.1. The number of rotatable bonds is 3. The highest BCUT2D eigenvalue weighted by atomic mass is 32.1. The Morgan fingerprint density at radius 1 is 0.875 bits per heavy atom. The van der Waals surface area contributed by atoms with Crippen molar-refractivity contribution < 1.29 is 0 Å². The molecule has 0 aliphatic heterocycles. The fourth-order valence-electron chi connectivity index (χ4n) is 2.83. The molecule has 2 heteroatoms. The first-order valence-electron chi connectivity index (χ1n) is 8.77. The summed E-state index contributed by atoms with van der Waals surface area (Å²) >= 11 is 4.88. The number of hydrogen-bond donors (Lipinski definition) is 2. The van der Waals surface area contributed by atoms with Crippen LogP contribution in [0.15, 0.2) is 41.3 Å². The predicted octanol–water partition coefficient (Wildman–Crippen LogP) is 6.88. The van der Waals surface area contributed by atoms with Gasteiger partial charge in [-0.3, -0.25) is 0 Å². The van der Waals surface area contributed by atoms with Crippen LogP contribution in [0.1, 0.15) is 65.2 Å². The van der Waals surface area contributed by atoms with Crippen LogP contribution in [0.3, 0.4) is 0 Å². The minimum Gasteiger partial charge on any atom is -0.354 e. The Morgan fingerprint density at radius 2 is 1.50 bits per heavy atom. The van der Waals surface area contributed by atoms with Crippen LogP contribution in [0.2, 0.25) is 0 Å². The summed E-state index contributed by atoms with van der Waals surface area (Å²) < 4.78 is 0. The van der Waals surface area contributed by atoms with Crippen molar-refractivity contribution in [3.63, 3.8) is 0 Å². The molecule has 0 aliphatic carbocycles. The molecular formula is C22H31NS. The summed E-state index contributed by atoms with van der Waals surface area (Å²) in [5.41, 5.74) is 6.36. The molecule has 2 rings (SSSR count). The van der Waals surface area contributed by atoms with Gasteiger partial charge in [-0.2, -0.15) is 0 Å². The molecule has 24 heavy (non-hydrogen) atoms. The Hall–Kier alpha value is -1.41. The monoisotopic (exact) mass is 341 g/mol. The van der Waals surface area contributed by atoms with E-state index in [0.29, 0.717) is 0 Å². The van der Waals surface area contributed by atoms with E-state index >= 15 is 0 Å². The molecule has 0 saturated carbocycles. The molecule has 0 aromatic heterocycles. The third kappa shape index (κ3) is 4.16. The second kappa shape index (κ2) is 6.84. The van der Waals surface area contributed by atoms with Crippen molar-refractivity contribution in [1.29, 1.82) is 0 Å². The van der Waals surface area contributed by atoms with Crippen LogP contribution < -0.4 is 5.32 Å². The van der Waals surface area contributed by atoms with Crippen molar-refractivity contribution in [3.8, 4) is 0 Å². The number of para-hydroxylation sites is 1. The molecule has 0 bridgehead atoms. The smallest absolute Gasteiger partial charge is 0.0525 e. The van der Waals surface area contributed by atoms with Crippen LogP contribution in [0.5, 0.6) is 0 Å². The summed E-state index contributed by atoms with van der Waals surface area (Å²) in [7, 11) is 0. The summed E-state index contributed by atoms with van der Waals surface area (Å²) in [4.78, 5) is 1.04. The molecule has 0 saturated heterocycles. The average molecular weight is 342 g/mol. The molecule has 0 radical (unpaired) electrons. The number of anilines is 2. The zero-order valence-electron chi connectivity index (χ0n) is 16.1. The zero-order chi connectivity index (χ0) is 18.1. The van der Waals surface area contributed by atoms with Gasteiger partial charge in [0.05, 0.1) is 5.69 Å². The van der Waals surface area contributed by atoms with Gasteiger partial charge in [-0.1, -0.05) is 72.7 Å². The van der Waals surface area contributed by atoms with E-state index in [1.165, 1.54) is 22.4 Å². The van der Waals surface area contributed by atoms with Crippen molar-refractivity contribution >= 4 is 24.0 Å². The highest BCUT2D eigenvalue weighted by molar-refractivity contribution is 7.80. The van der Waals surface area contributed by atoms with E-state index in [4.69, 9.17) is 12.6 Å². The zero-order valence-corrected chi connectivity index (χ0v) is 17.0.